The first kappa shape index (κ1) is 9.57. The average Bonchev–Trinajstić information content (AvgIpc) is 2.48. The minimum atomic E-state index is 0.454. The second-order valence-electron chi connectivity index (χ2n) is 4.94. The van der Waals surface area contributed by atoms with Gasteiger partial charge < -0.3 is 5.32 Å². The van der Waals surface area contributed by atoms with Gasteiger partial charge in [-0.3, -0.25) is 0 Å². The van der Waals surface area contributed by atoms with Crippen LogP contribution in [0.25, 0.3) is 0 Å². The van der Waals surface area contributed by atoms with Crippen molar-refractivity contribution in [2.45, 2.75) is 39.2 Å². The van der Waals surface area contributed by atoms with Gasteiger partial charge in [0.25, 0.3) is 0 Å². The highest BCUT2D eigenvalue weighted by Crippen LogP contribution is 2.38. The van der Waals surface area contributed by atoms with Gasteiger partial charge in [-0.1, -0.05) is 38.5 Å². The van der Waals surface area contributed by atoms with Crippen LogP contribution in [-0.2, 0) is 0 Å². The Bertz CT molecular complexity index is 289. The monoisotopic (exact) mass is 189 g/mol. The van der Waals surface area contributed by atoms with Crippen LogP contribution in [0.15, 0.2) is 30.3 Å². The van der Waals surface area contributed by atoms with Crippen molar-refractivity contribution in [2.75, 3.05) is 5.32 Å². The lowest BCUT2D eigenvalue weighted by molar-refractivity contribution is 0.350. The lowest BCUT2D eigenvalue weighted by Gasteiger charge is -2.28. The largest absolute Gasteiger partial charge is 0.382 e. The molecule has 0 spiro atoms. The number of hydrogen-bond donors (Lipinski definition) is 1. The van der Waals surface area contributed by atoms with E-state index in [-0.39, 0.29) is 0 Å². The molecule has 0 bridgehead atoms. The predicted octanol–water partition coefficient (Wildman–Crippen LogP) is 3.68. The smallest absolute Gasteiger partial charge is 0.0342 e. The molecule has 1 nitrogen and oxygen atoms in total. The molecule has 0 aliphatic heterocycles. The van der Waals surface area contributed by atoms with Gasteiger partial charge in [0, 0.05) is 11.7 Å². The molecule has 2 rings (SSSR count). The fourth-order valence-electron chi connectivity index (χ4n) is 2.33. The van der Waals surface area contributed by atoms with E-state index in [0.29, 0.717) is 11.5 Å². The van der Waals surface area contributed by atoms with Crippen molar-refractivity contribution in [3.8, 4) is 0 Å². The fraction of sp³-hybridized carbons (Fsp3) is 0.538. The topological polar surface area (TPSA) is 12.0 Å². The predicted molar refractivity (Wildman–Crippen MR) is 61.5 cm³/mol. The highest BCUT2D eigenvalue weighted by atomic mass is 14.9. The Hall–Kier alpha value is -0.980. The molecule has 1 saturated carbocycles. The van der Waals surface area contributed by atoms with Crippen LogP contribution in [-0.4, -0.2) is 6.04 Å². The minimum Gasteiger partial charge on any atom is -0.382 e. The average molecular weight is 189 g/mol. The standard InChI is InChI=1S/C13H19N/c1-13(2)10-6-9-12(13)14-11-7-4-3-5-8-11/h3-5,7-8,12,14H,6,9-10H2,1-2H3. The first-order valence-corrected chi connectivity index (χ1v) is 5.50. The third-order valence-corrected chi connectivity index (χ3v) is 3.37. The lowest BCUT2D eigenvalue weighted by atomic mass is 9.87. The van der Waals surface area contributed by atoms with E-state index in [9.17, 15) is 0 Å². The second kappa shape index (κ2) is 3.64. The van der Waals surface area contributed by atoms with Crippen LogP contribution in [0.3, 0.4) is 0 Å². The van der Waals surface area contributed by atoms with Gasteiger partial charge in [-0.2, -0.15) is 0 Å². The maximum atomic E-state index is 3.63. The molecule has 1 aromatic carbocycles. The summed E-state index contributed by atoms with van der Waals surface area (Å²) in [5.74, 6) is 0. The van der Waals surface area contributed by atoms with Crippen LogP contribution in [0.2, 0.25) is 0 Å². The van der Waals surface area contributed by atoms with Gasteiger partial charge in [-0.15, -0.1) is 0 Å². The normalized spacial score (nSPS) is 24.9. The van der Waals surface area contributed by atoms with Crippen molar-refractivity contribution >= 4 is 5.69 Å². The molecule has 0 aromatic heterocycles. The Morgan fingerprint density at radius 3 is 2.50 bits per heavy atom. The van der Waals surface area contributed by atoms with E-state index in [2.05, 4.69) is 49.5 Å². The van der Waals surface area contributed by atoms with E-state index >= 15 is 0 Å². The number of anilines is 1. The van der Waals surface area contributed by atoms with Gasteiger partial charge in [0.1, 0.15) is 0 Å². The SMILES string of the molecule is CC1(C)CCCC1Nc1ccccc1. The molecule has 0 saturated heterocycles. The van der Waals surface area contributed by atoms with Crippen LogP contribution < -0.4 is 5.32 Å². The summed E-state index contributed by atoms with van der Waals surface area (Å²) in [6, 6.07) is 11.2. The van der Waals surface area contributed by atoms with E-state index in [1.807, 2.05) is 0 Å². The molecule has 0 amide bonds. The Morgan fingerprint density at radius 2 is 1.93 bits per heavy atom. The zero-order valence-electron chi connectivity index (χ0n) is 9.09. The van der Waals surface area contributed by atoms with Crippen LogP contribution >= 0.6 is 0 Å². The van der Waals surface area contributed by atoms with Gasteiger partial charge in [0.2, 0.25) is 0 Å². The summed E-state index contributed by atoms with van der Waals surface area (Å²) in [4.78, 5) is 0. The van der Waals surface area contributed by atoms with Crippen molar-refractivity contribution in [3.05, 3.63) is 30.3 Å². The zero-order valence-corrected chi connectivity index (χ0v) is 9.09. The van der Waals surface area contributed by atoms with Gasteiger partial charge in [-0.25, -0.2) is 0 Å². The fourth-order valence-corrected chi connectivity index (χ4v) is 2.33. The van der Waals surface area contributed by atoms with E-state index in [1.165, 1.54) is 24.9 Å². The highest BCUT2D eigenvalue weighted by molar-refractivity contribution is 5.44. The summed E-state index contributed by atoms with van der Waals surface area (Å²) in [7, 11) is 0. The van der Waals surface area contributed by atoms with Crippen LogP contribution in [0.5, 0.6) is 0 Å². The summed E-state index contributed by atoms with van der Waals surface area (Å²) in [5.41, 5.74) is 1.71. The maximum Gasteiger partial charge on any atom is 0.0342 e. The Morgan fingerprint density at radius 1 is 1.21 bits per heavy atom. The van der Waals surface area contributed by atoms with E-state index in [1.54, 1.807) is 0 Å². The minimum absolute atomic E-state index is 0.454. The molecule has 1 unspecified atom stereocenters. The molecule has 1 fully saturated rings. The van der Waals surface area contributed by atoms with E-state index < -0.39 is 0 Å². The molecule has 0 heterocycles. The van der Waals surface area contributed by atoms with E-state index in [0.717, 1.165) is 0 Å². The van der Waals surface area contributed by atoms with Crippen molar-refractivity contribution in [2.24, 2.45) is 5.41 Å². The van der Waals surface area contributed by atoms with Gasteiger partial charge >= 0.3 is 0 Å². The number of nitrogens with one attached hydrogen (secondary N) is 1. The maximum absolute atomic E-state index is 3.63. The first-order chi connectivity index (χ1) is 6.68. The number of hydrogen-bond acceptors (Lipinski definition) is 1. The summed E-state index contributed by atoms with van der Waals surface area (Å²) in [6.07, 6.45) is 4.01. The molecule has 76 valence electrons. The van der Waals surface area contributed by atoms with Crippen LogP contribution in [0, 0.1) is 5.41 Å². The number of rotatable bonds is 2. The molecular weight excluding hydrogens is 170 g/mol. The molecule has 1 aliphatic rings. The van der Waals surface area contributed by atoms with Crippen molar-refractivity contribution < 1.29 is 0 Å². The zero-order chi connectivity index (χ0) is 10.0. The molecule has 0 radical (unpaired) electrons. The van der Waals surface area contributed by atoms with Crippen LogP contribution in [0.4, 0.5) is 5.69 Å². The molecule has 1 aliphatic carbocycles. The number of para-hydroxylation sites is 1. The Balaban J connectivity index is 2.05. The summed E-state index contributed by atoms with van der Waals surface area (Å²) >= 11 is 0. The van der Waals surface area contributed by atoms with Gasteiger partial charge in [0.05, 0.1) is 0 Å². The number of benzene rings is 1. The quantitative estimate of drug-likeness (QED) is 0.748. The van der Waals surface area contributed by atoms with Gasteiger partial charge in [0.15, 0.2) is 0 Å². The molecule has 14 heavy (non-hydrogen) atoms. The Kier molecular flexibility index (Phi) is 2.49. The summed E-state index contributed by atoms with van der Waals surface area (Å²) < 4.78 is 0. The van der Waals surface area contributed by atoms with Crippen molar-refractivity contribution in [3.63, 3.8) is 0 Å². The Labute approximate surface area is 86.5 Å². The molecule has 1 atom stereocenters. The van der Waals surface area contributed by atoms with Crippen molar-refractivity contribution in [1.29, 1.82) is 0 Å². The third kappa shape index (κ3) is 1.92. The van der Waals surface area contributed by atoms with Gasteiger partial charge in [-0.05, 0) is 30.4 Å². The summed E-state index contributed by atoms with van der Waals surface area (Å²) in [5, 5.41) is 3.63. The lowest BCUT2D eigenvalue weighted by Crippen LogP contribution is -2.30. The summed E-state index contributed by atoms with van der Waals surface area (Å²) in [6.45, 7) is 4.72. The highest BCUT2D eigenvalue weighted by Gasteiger charge is 2.34. The van der Waals surface area contributed by atoms with Crippen molar-refractivity contribution in [1.82, 2.24) is 0 Å². The second-order valence-corrected chi connectivity index (χ2v) is 4.94. The third-order valence-electron chi connectivity index (χ3n) is 3.37. The van der Waals surface area contributed by atoms with Crippen LogP contribution in [0.1, 0.15) is 33.1 Å². The van der Waals surface area contributed by atoms with E-state index in [4.69, 9.17) is 0 Å². The molecular formula is C13H19N. The first-order valence-electron chi connectivity index (χ1n) is 5.50. The molecule has 1 aromatic rings. The molecule has 1 heteroatoms. The molecule has 1 N–H and O–H groups in total.